The van der Waals surface area contributed by atoms with Crippen molar-refractivity contribution < 1.29 is 8.78 Å². The molecule has 0 amide bonds. The summed E-state index contributed by atoms with van der Waals surface area (Å²) in [6.45, 7) is 0.275. The van der Waals surface area contributed by atoms with E-state index in [2.05, 4.69) is 21.2 Å². The van der Waals surface area contributed by atoms with Gasteiger partial charge >= 0.3 is 0 Å². The van der Waals surface area contributed by atoms with Crippen LogP contribution in [0.15, 0.2) is 46.9 Å². The molecule has 2 rings (SSSR count). The van der Waals surface area contributed by atoms with Crippen LogP contribution in [0.1, 0.15) is 11.6 Å². The Hall–Kier alpha value is -1.46. The van der Waals surface area contributed by atoms with Gasteiger partial charge in [-0.3, -0.25) is 0 Å². The zero-order valence-electron chi connectivity index (χ0n) is 10.0. The molecule has 0 aliphatic carbocycles. The fourth-order valence-corrected chi connectivity index (χ4v) is 2.19. The molecule has 2 aromatic carbocycles. The van der Waals surface area contributed by atoms with Crippen LogP contribution in [0.2, 0.25) is 0 Å². The molecule has 0 radical (unpaired) electrons. The second-order valence-corrected chi connectivity index (χ2v) is 5.03. The molecule has 5 heteroatoms. The van der Waals surface area contributed by atoms with Crippen molar-refractivity contribution >= 4 is 21.6 Å². The lowest BCUT2D eigenvalue weighted by atomic mass is 10.1. The van der Waals surface area contributed by atoms with Crippen LogP contribution in [0, 0.1) is 11.6 Å². The number of benzene rings is 2. The lowest BCUT2D eigenvalue weighted by molar-refractivity contribution is 0.506. The summed E-state index contributed by atoms with van der Waals surface area (Å²) in [6, 6.07) is 11.1. The first-order valence-electron chi connectivity index (χ1n) is 5.77. The monoisotopic (exact) mass is 326 g/mol. The van der Waals surface area contributed by atoms with E-state index in [1.165, 1.54) is 6.07 Å². The number of nitrogens with one attached hydrogen (secondary N) is 1. The Bertz CT molecular complexity index is 575. The van der Waals surface area contributed by atoms with E-state index in [0.29, 0.717) is 5.56 Å². The maximum atomic E-state index is 13.2. The second kappa shape index (κ2) is 6.12. The predicted octanol–water partition coefficient (Wildman–Crippen LogP) is 3.84. The molecule has 0 aliphatic heterocycles. The lowest BCUT2D eigenvalue weighted by Gasteiger charge is -2.19. The van der Waals surface area contributed by atoms with Crippen LogP contribution in [-0.4, -0.2) is 6.54 Å². The minimum absolute atomic E-state index is 0.274. The molecular formula is C14H13BrF2N2. The number of rotatable bonds is 4. The molecule has 1 unspecified atom stereocenters. The van der Waals surface area contributed by atoms with Gasteiger partial charge in [0.05, 0.1) is 6.04 Å². The summed E-state index contributed by atoms with van der Waals surface area (Å²) in [5.74, 6) is -1.73. The van der Waals surface area contributed by atoms with Gasteiger partial charge in [0.2, 0.25) is 0 Å². The van der Waals surface area contributed by atoms with Gasteiger partial charge in [0.15, 0.2) is 11.6 Å². The molecule has 2 aromatic rings. The minimum Gasteiger partial charge on any atom is -0.377 e. The van der Waals surface area contributed by atoms with Gasteiger partial charge in [0, 0.05) is 16.7 Å². The number of nitrogens with two attached hydrogens (primary N) is 1. The molecule has 2 nitrogen and oxygen atoms in total. The highest BCUT2D eigenvalue weighted by Crippen LogP contribution is 2.22. The maximum absolute atomic E-state index is 13.2. The van der Waals surface area contributed by atoms with Crippen molar-refractivity contribution in [1.82, 2.24) is 0 Å². The van der Waals surface area contributed by atoms with Gasteiger partial charge in [0.1, 0.15) is 0 Å². The van der Waals surface area contributed by atoms with Gasteiger partial charge in [-0.15, -0.1) is 0 Å². The summed E-state index contributed by atoms with van der Waals surface area (Å²) in [5, 5.41) is 3.19. The molecule has 100 valence electrons. The number of halogens is 3. The Labute approximate surface area is 118 Å². The third-order valence-electron chi connectivity index (χ3n) is 2.75. The topological polar surface area (TPSA) is 38.0 Å². The normalized spacial score (nSPS) is 12.2. The smallest absolute Gasteiger partial charge is 0.159 e. The van der Waals surface area contributed by atoms with E-state index in [4.69, 9.17) is 5.73 Å². The van der Waals surface area contributed by atoms with Crippen LogP contribution < -0.4 is 11.1 Å². The van der Waals surface area contributed by atoms with Gasteiger partial charge in [-0.1, -0.05) is 28.1 Å². The SMILES string of the molecule is NCC(Nc1cccc(Br)c1)c1ccc(F)c(F)c1. The highest BCUT2D eigenvalue weighted by molar-refractivity contribution is 9.10. The van der Waals surface area contributed by atoms with Crippen molar-refractivity contribution in [1.29, 1.82) is 0 Å². The zero-order valence-corrected chi connectivity index (χ0v) is 11.6. The third kappa shape index (κ3) is 3.52. The maximum Gasteiger partial charge on any atom is 0.159 e. The highest BCUT2D eigenvalue weighted by Gasteiger charge is 2.12. The number of hydrogen-bond donors (Lipinski definition) is 2. The molecule has 0 spiro atoms. The molecule has 19 heavy (non-hydrogen) atoms. The highest BCUT2D eigenvalue weighted by atomic mass is 79.9. The summed E-state index contributed by atoms with van der Waals surface area (Å²) < 4.78 is 27.1. The molecule has 1 atom stereocenters. The molecule has 0 heterocycles. The van der Waals surface area contributed by atoms with Gasteiger partial charge in [-0.05, 0) is 35.9 Å². The first-order chi connectivity index (χ1) is 9.10. The molecule has 0 saturated heterocycles. The molecule has 0 aromatic heterocycles. The zero-order chi connectivity index (χ0) is 13.8. The Morgan fingerprint density at radius 3 is 2.53 bits per heavy atom. The predicted molar refractivity (Wildman–Crippen MR) is 75.9 cm³/mol. The fourth-order valence-electron chi connectivity index (χ4n) is 1.79. The van der Waals surface area contributed by atoms with Crippen LogP contribution in [-0.2, 0) is 0 Å². The van der Waals surface area contributed by atoms with Gasteiger partial charge in [-0.2, -0.15) is 0 Å². The average Bonchev–Trinajstić information content (AvgIpc) is 2.39. The second-order valence-electron chi connectivity index (χ2n) is 4.12. The lowest BCUT2D eigenvalue weighted by Crippen LogP contribution is -2.20. The van der Waals surface area contributed by atoms with Crippen molar-refractivity contribution in [3.63, 3.8) is 0 Å². The van der Waals surface area contributed by atoms with Crippen molar-refractivity contribution in [2.45, 2.75) is 6.04 Å². The average molecular weight is 327 g/mol. The first-order valence-corrected chi connectivity index (χ1v) is 6.56. The van der Waals surface area contributed by atoms with Gasteiger partial charge < -0.3 is 11.1 Å². The van der Waals surface area contributed by atoms with Crippen LogP contribution in [0.3, 0.4) is 0 Å². The van der Waals surface area contributed by atoms with E-state index in [-0.39, 0.29) is 12.6 Å². The molecule has 0 aliphatic rings. The van der Waals surface area contributed by atoms with Crippen molar-refractivity contribution in [2.24, 2.45) is 5.73 Å². The number of hydrogen-bond acceptors (Lipinski definition) is 2. The van der Waals surface area contributed by atoms with Crippen molar-refractivity contribution in [2.75, 3.05) is 11.9 Å². The Morgan fingerprint density at radius 2 is 1.89 bits per heavy atom. The van der Waals surface area contributed by atoms with E-state index in [1.807, 2.05) is 24.3 Å². The molecule has 0 saturated carbocycles. The largest absolute Gasteiger partial charge is 0.377 e. The van der Waals surface area contributed by atoms with Crippen LogP contribution in [0.4, 0.5) is 14.5 Å². The Balaban J connectivity index is 2.22. The van der Waals surface area contributed by atoms with E-state index in [0.717, 1.165) is 22.3 Å². The first kappa shape index (κ1) is 14.0. The van der Waals surface area contributed by atoms with Gasteiger partial charge in [0.25, 0.3) is 0 Å². The minimum atomic E-state index is -0.869. The molecular weight excluding hydrogens is 314 g/mol. The van der Waals surface area contributed by atoms with Gasteiger partial charge in [-0.25, -0.2) is 8.78 Å². The van der Waals surface area contributed by atoms with E-state index in [9.17, 15) is 8.78 Å². The Kier molecular flexibility index (Phi) is 4.50. The molecule has 0 fully saturated rings. The van der Waals surface area contributed by atoms with Crippen molar-refractivity contribution in [3.05, 3.63) is 64.1 Å². The van der Waals surface area contributed by atoms with E-state index in [1.54, 1.807) is 0 Å². The van der Waals surface area contributed by atoms with Crippen LogP contribution in [0.5, 0.6) is 0 Å². The molecule has 3 N–H and O–H groups in total. The Morgan fingerprint density at radius 1 is 1.11 bits per heavy atom. The molecule has 0 bridgehead atoms. The summed E-state index contributed by atoms with van der Waals surface area (Å²) in [6.07, 6.45) is 0. The fraction of sp³-hybridized carbons (Fsp3) is 0.143. The summed E-state index contributed by atoms with van der Waals surface area (Å²) >= 11 is 3.37. The summed E-state index contributed by atoms with van der Waals surface area (Å²) in [7, 11) is 0. The summed E-state index contributed by atoms with van der Waals surface area (Å²) in [4.78, 5) is 0. The summed E-state index contributed by atoms with van der Waals surface area (Å²) in [5.41, 5.74) is 7.16. The van der Waals surface area contributed by atoms with Crippen LogP contribution in [0.25, 0.3) is 0 Å². The third-order valence-corrected chi connectivity index (χ3v) is 3.24. The van der Waals surface area contributed by atoms with Crippen molar-refractivity contribution in [3.8, 4) is 0 Å². The number of anilines is 1. The quantitative estimate of drug-likeness (QED) is 0.895. The van der Waals surface area contributed by atoms with E-state index < -0.39 is 11.6 Å². The standard InChI is InChI=1S/C14H13BrF2N2/c15-10-2-1-3-11(7-10)19-14(8-18)9-4-5-12(16)13(17)6-9/h1-7,14,19H,8,18H2. The van der Waals surface area contributed by atoms with E-state index >= 15 is 0 Å². The van der Waals surface area contributed by atoms with Crippen LogP contribution >= 0.6 is 15.9 Å².